The number of hydrogen-bond donors (Lipinski definition) is 0. The van der Waals surface area contributed by atoms with Gasteiger partial charge in [0.1, 0.15) is 0 Å². The minimum absolute atomic E-state index is 0.545. The first kappa shape index (κ1) is 38.8. The van der Waals surface area contributed by atoms with Gasteiger partial charge in [0.25, 0.3) is 0 Å². The van der Waals surface area contributed by atoms with E-state index in [4.69, 9.17) is 15.0 Å². The van der Waals surface area contributed by atoms with Gasteiger partial charge in [0.05, 0.1) is 33.1 Å². The van der Waals surface area contributed by atoms with Crippen LogP contribution in [0.3, 0.4) is 0 Å². The highest BCUT2D eigenvalue weighted by molar-refractivity contribution is 6.24. The predicted octanol–water partition coefficient (Wildman–Crippen LogP) is 15.8. The lowest BCUT2D eigenvalue weighted by Crippen LogP contribution is -2.07. The molecule has 10 aromatic carbocycles. The van der Waals surface area contributed by atoms with Crippen LogP contribution in [0.1, 0.15) is 0 Å². The van der Waals surface area contributed by atoms with Crippen LogP contribution in [-0.2, 0) is 0 Å². The minimum Gasteiger partial charge on any atom is -0.309 e. The maximum Gasteiger partial charge on any atom is 0.238 e. The second kappa shape index (κ2) is 15.6. The van der Waals surface area contributed by atoms with Crippen LogP contribution in [0.5, 0.6) is 0 Å². The molecule has 4 aromatic heterocycles. The number of nitrogens with zero attached hydrogens (tertiary/aromatic N) is 6. The topological polar surface area (TPSA) is 53.5 Å². The molecule has 14 aromatic rings. The number of aromatic nitrogens is 6. The summed E-state index contributed by atoms with van der Waals surface area (Å²) in [4.78, 5) is 16.1. The van der Waals surface area contributed by atoms with Gasteiger partial charge in [0.15, 0.2) is 11.6 Å². The van der Waals surface area contributed by atoms with Gasteiger partial charge in [0, 0.05) is 54.8 Å². The van der Waals surface area contributed by atoms with E-state index >= 15 is 0 Å². The number of rotatable bonds is 7. The molecule has 0 unspecified atom stereocenters. The molecule has 0 amide bonds. The molecule has 0 spiro atoms. The molecule has 0 aliphatic rings. The molecule has 6 heteroatoms. The quantitative estimate of drug-likeness (QED) is 0.160. The lowest BCUT2D eigenvalue weighted by atomic mass is 10.0. The summed E-state index contributed by atoms with van der Waals surface area (Å²) in [6, 6.07) is 86.2. The zero-order chi connectivity index (χ0) is 45.4. The highest BCUT2D eigenvalue weighted by Crippen LogP contribution is 2.43. The van der Waals surface area contributed by atoms with Crippen molar-refractivity contribution in [1.29, 1.82) is 0 Å². The molecule has 322 valence electrons. The maximum atomic E-state index is 5.44. The third kappa shape index (κ3) is 6.23. The van der Waals surface area contributed by atoms with Crippen molar-refractivity contribution in [1.82, 2.24) is 28.7 Å². The summed E-state index contributed by atoms with van der Waals surface area (Å²) < 4.78 is 7.09. The second-order valence-electron chi connectivity index (χ2n) is 17.6. The highest BCUT2D eigenvalue weighted by Gasteiger charge is 2.24. The zero-order valence-corrected chi connectivity index (χ0v) is 37.3. The van der Waals surface area contributed by atoms with E-state index in [1.807, 2.05) is 12.1 Å². The molecule has 69 heavy (non-hydrogen) atoms. The summed E-state index contributed by atoms with van der Waals surface area (Å²) >= 11 is 0. The van der Waals surface area contributed by atoms with E-state index < -0.39 is 0 Å². The van der Waals surface area contributed by atoms with Gasteiger partial charge < -0.3 is 9.13 Å². The van der Waals surface area contributed by atoms with Crippen molar-refractivity contribution in [3.05, 3.63) is 243 Å². The maximum absolute atomic E-state index is 5.44. The standard InChI is InChI=1S/C63H40N6/c1-4-16-41(17-5-1)43-28-32-45(33-29-43)61-64-62(46-34-30-44(31-35-46)42-18-6-2-7-19-42)66-63(65-61)69-57-27-15-12-24-51(57)52-37-38-53-54-40-48(67-55-25-13-10-22-49(55)50-23-11-14-26-56(50)67)36-39-58(54)68(59(53)60(52)69)47-20-8-3-9-21-47/h1-40H. The van der Waals surface area contributed by atoms with E-state index in [1.54, 1.807) is 0 Å². The van der Waals surface area contributed by atoms with Gasteiger partial charge in [-0.25, -0.2) is 4.98 Å². The van der Waals surface area contributed by atoms with Gasteiger partial charge in [0.2, 0.25) is 5.95 Å². The monoisotopic (exact) mass is 880 g/mol. The second-order valence-corrected chi connectivity index (χ2v) is 17.6. The summed E-state index contributed by atoms with van der Waals surface area (Å²) in [6.45, 7) is 0. The highest BCUT2D eigenvalue weighted by atomic mass is 15.2. The van der Waals surface area contributed by atoms with Gasteiger partial charge in [-0.1, -0.05) is 194 Å². The summed E-state index contributed by atoms with van der Waals surface area (Å²) in [6.07, 6.45) is 0. The zero-order valence-electron chi connectivity index (χ0n) is 37.3. The largest absolute Gasteiger partial charge is 0.309 e. The number of para-hydroxylation sites is 4. The SMILES string of the molecule is c1ccc(-c2ccc(-c3nc(-c4ccc(-c5ccccc5)cc4)nc(-n4c5ccccc5c5ccc6c7cc(-n8c9ccccc9c9ccccc98)ccc7n(-c7ccccc7)c6c54)n3)cc2)cc1. The molecule has 0 saturated carbocycles. The third-order valence-electron chi connectivity index (χ3n) is 13.7. The van der Waals surface area contributed by atoms with Crippen molar-refractivity contribution < 1.29 is 0 Å². The molecule has 0 saturated heterocycles. The Morgan fingerprint density at radius 2 is 0.623 bits per heavy atom. The molecule has 0 radical (unpaired) electrons. The van der Waals surface area contributed by atoms with E-state index in [9.17, 15) is 0 Å². The number of benzene rings is 10. The Balaban J connectivity index is 1.05. The van der Waals surface area contributed by atoms with E-state index in [1.165, 1.54) is 21.8 Å². The van der Waals surface area contributed by atoms with Crippen LogP contribution >= 0.6 is 0 Å². The first-order valence-corrected chi connectivity index (χ1v) is 23.4. The van der Waals surface area contributed by atoms with E-state index in [0.29, 0.717) is 17.6 Å². The molecule has 0 aliphatic carbocycles. The first-order chi connectivity index (χ1) is 34.2. The van der Waals surface area contributed by atoms with E-state index in [2.05, 4.69) is 244 Å². The van der Waals surface area contributed by atoms with Gasteiger partial charge in [-0.2, -0.15) is 9.97 Å². The van der Waals surface area contributed by atoms with Crippen molar-refractivity contribution in [3.8, 4) is 62.4 Å². The normalized spacial score (nSPS) is 11.8. The van der Waals surface area contributed by atoms with Crippen LogP contribution in [0.25, 0.3) is 128 Å². The number of fused-ring (bicyclic) bond motifs is 10. The molecule has 6 nitrogen and oxygen atoms in total. The summed E-state index contributed by atoms with van der Waals surface area (Å²) in [5.41, 5.74) is 15.1. The molecule has 0 bridgehead atoms. The van der Waals surface area contributed by atoms with Crippen LogP contribution in [0.15, 0.2) is 243 Å². The predicted molar refractivity (Wildman–Crippen MR) is 285 cm³/mol. The average molecular weight is 881 g/mol. The summed E-state index contributed by atoms with van der Waals surface area (Å²) in [5, 5.41) is 7.00. The summed E-state index contributed by atoms with van der Waals surface area (Å²) in [5.74, 6) is 1.74. The van der Waals surface area contributed by atoms with Crippen LogP contribution in [0.4, 0.5) is 0 Å². The van der Waals surface area contributed by atoms with E-state index in [-0.39, 0.29) is 0 Å². The fourth-order valence-electron chi connectivity index (χ4n) is 10.5. The van der Waals surface area contributed by atoms with Gasteiger partial charge >= 0.3 is 0 Å². The molecule has 0 fully saturated rings. The molecule has 4 heterocycles. The van der Waals surface area contributed by atoms with Crippen LogP contribution < -0.4 is 0 Å². The van der Waals surface area contributed by atoms with Crippen LogP contribution in [-0.4, -0.2) is 28.7 Å². The Kier molecular flexibility index (Phi) is 8.79. The van der Waals surface area contributed by atoms with Gasteiger partial charge in [-0.3, -0.25) is 4.57 Å². The van der Waals surface area contributed by atoms with E-state index in [0.717, 1.165) is 88.4 Å². The smallest absolute Gasteiger partial charge is 0.238 e. The van der Waals surface area contributed by atoms with Crippen molar-refractivity contribution in [2.75, 3.05) is 0 Å². The molecule has 0 atom stereocenters. The average Bonchev–Trinajstić information content (AvgIpc) is 4.07. The minimum atomic E-state index is 0.545. The lowest BCUT2D eigenvalue weighted by Gasteiger charge is -2.13. The van der Waals surface area contributed by atoms with Crippen LogP contribution in [0, 0.1) is 0 Å². The Bertz CT molecular complexity index is 4110. The van der Waals surface area contributed by atoms with Crippen molar-refractivity contribution in [3.63, 3.8) is 0 Å². The molecule has 0 aliphatic heterocycles. The van der Waals surface area contributed by atoms with Gasteiger partial charge in [-0.15, -0.1) is 0 Å². The van der Waals surface area contributed by atoms with Crippen LogP contribution in [0.2, 0.25) is 0 Å². The Morgan fingerprint density at radius 3 is 1.16 bits per heavy atom. The molecule has 14 rings (SSSR count). The van der Waals surface area contributed by atoms with Crippen molar-refractivity contribution in [2.24, 2.45) is 0 Å². The Morgan fingerprint density at radius 1 is 0.232 bits per heavy atom. The Hall–Kier alpha value is -9.39. The lowest BCUT2D eigenvalue weighted by molar-refractivity contribution is 0.953. The Labute approximate surface area is 397 Å². The fraction of sp³-hybridized carbons (Fsp3) is 0. The van der Waals surface area contributed by atoms with Crippen molar-refractivity contribution >= 4 is 65.4 Å². The third-order valence-corrected chi connectivity index (χ3v) is 13.7. The molecular formula is C63H40N6. The fourth-order valence-corrected chi connectivity index (χ4v) is 10.5. The molecular weight excluding hydrogens is 841 g/mol. The summed E-state index contributed by atoms with van der Waals surface area (Å²) in [7, 11) is 0. The number of hydrogen-bond acceptors (Lipinski definition) is 3. The van der Waals surface area contributed by atoms with Gasteiger partial charge in [-0.05, 0) is 70.8 Å². The van der Waals surface area contributed by atoms with Crippen molar-refractivity contribution in [2.45, 2.75) is 0 Å². The first-order valence-electron chi connectivity index (χ1n) is 23.4. The molecule has 0 N–H and O–H groups in total.